The fraction of sp³-hybridized carbons (Fsp3) is 0.500. The molecule has 1 fully saturated rings. The predicted molar refractivity (Wildman–Crippen MR) is 74.5 cm³/mol. The minimum atomic E-state index is 0.406. The van der Waals surface area contributed by atoms with Crippen molar-refractivity contribution in [1.29, 1.82) is 0 Å². The molecule has 1 aliphatic rings. The van der Waals surface area contributed by atoms with Gasteiger partial charge < -0.3 is 10.5 Å². The smallest absolute Gasteiger partial charge is 0.129 e. The Kier molecular flexibility index (Phi) is 4.00. The SMILES string of the molecule is Cc1ccc(C(N)=S)c(OCCC2CCC2)c1. The normalized spacial score (nSPS) is 15.4. The third-order valence-electron chi connectivity index (χ3n) is 3.41. The van der Waals surface area contributed by atoms with E-state index in [2.05, 4.69) is 0 Å². The lowest BCUT2D eigenvalue weighted by molar-refractivity contribution is 0.222. The highest BCUT2D eigenvalue weighted by Gasteiger charge is 2.17. The quantitative estimate of drug-likeness (QED) is 0.814. The Balaban J connectivity index is 1.97. The summed E-state index contributed by atoms with van der Waals surface area (Å²) in [5.74, 6) is 1.70. The van der Waals surface area contributed by atoms with E-state index < -0.39 is 0 Å². The van der Waals surface area contributed by atoms with Crippen LogP contribution in [0.15, 0.2) is 18.2 Å². The number of rotatable bonds is 5. The molecule has 0 amide bonds. The summed E-state index contributed by atoms with van der Waals surface area (Å²) in [6.07, 6.45) is 5.25. The summed E-state index contributed by atoms with van der Waals surface area (Å²) in [6, 6.07) is 5.96. The van der Waals surface area contributed by atoms with E-state index in [1.54, 1.807) is 0 Å². The van der Waals surface area contributed by atoms with Crippen LogP contribution in [0, 0.1) is 12.8 Å². The Bertz CT molecular complexity index is 413. The molecule has 92 valence electrons. The maximum absolute atomic E-state index is 5.82. The van der Waals surface area contributed by atoms with Gasteiger partial charge in [0.1, 0.15) is 10.7 Å². The van der Waals surface area contributed by atoms with Crippen LogP contribution >= 0.6 is 12.2 Å². The van der Waals surface area contributed by atoms with Crippen LogP contribution in [0.4, 0.5) is 0 Å². The lowest BCUT2D eigenvalue weighted by atomic mass is 9.83. The summed E-state index contributed by atoms with van der Waals surface area (Å²) in [7, 11) is 0. The van der Waals surface area contributed by atoms with Gasteiger partial charge in [-0.25, -0.2) is 0 Å². The summed E-state index contributed by atoms with van der Waals surface area (Å²) in [5.41, 5.74) is 7.70. The lowest BCUT2D eigenvalue weighted by Gasteiger charge is -2.25. The molecule has 1 aromatic rings. The Morgan fingerprint density at radius 3 is 2.82 bits per heavy atom. The Labute approximate surface area is 108 Å². The molecule has 0 heterocycles. The second-order valence-corrected chi connectivity index (χ2v) is 5.24. The molecule has 0 unspecified atom stereocenters. The number of ether oxygens (including phenoxy) is 1. The Hall–Kier alpha value is -1.09. The van der Waals surface area contributed by atoms with Crippen molar-refractivity contribution in [2.75, 3.05) is 6.61 Å². The number of thiocarbonyl (C=S) groups is 1. The average Bonchev–Trinajstić information content (AvgIpc) is 2.21. The zero-order valence-corrected chi connectivity index (χ0v) is 11.1. The van der Waals surface area contributed by atoms with Gasteiger partial charge in [-0.05, 0) is 37.0 Å². The van der Waals surface area contributed by atoms with Gasteiger partial charge in [-0.2, -0.15) is 0 Å². The highest BCUT2D eigenvalue weighted by Crippen LogP contribution is 2.29. The maximum Gasteiger partial charge on any atom is 0.129 e. The van der Waals surface area contributed by atoms with E-state index in [4.69, 9.17) is 22.7 Å². The lowest BCUT2D eigenvalue weighted by Crippen LogP contribution is -2.16. The molecule has 1 saturated carbocycles. The molecule has 2 rings (SSSR count). The number of aryl methyl sites for hydroxylation is 1. The van der Waals surface area contributed by atoms with Gasteiger partial charge in [0.25, 0.3) is 0 Å². The molecule has 0 radical (unpaired) electrons. The molecule has 0 aliphatic heterocycles. The second kappa shape index (κ2) is 5.50. The van der Waals surface area contributed by atoms with Crippen LogP contribution in [0.1, 0.15) is 36.8 Å². The van der Waals surface area contributed by atoms with E-state index in [1.165, 1.54) is 24.8 Å². The van der Waals surface area contributed by atoms with Crippen LogP contribution in [0.2, 0.25) is 0 Å². The van der Waals surface area contributed by atoms with Crippen molar-refractivity contribution in [3.8, 4) is 5.75 Å². The van der Waals surface area contributed by atoms with Gasteiger partial charge in [0.05, 0.1) is 12.2 Å². The van der Waals surface area contributed by atoms with Crippen LogP contribution in [0.3, 0.4) is 0 Å². The highest BCUT2D eigenvalue weighted by molar-refractivity contribution is 7.80. The van der Waals surface area contributed by atoms with Crippen molar-refractivity contribution < 1.29 is 4.74 Å². The van der Waals surface area contributed by atoms with Crippen LogP contribution in [-0.2, 0) is 0 Å². The molecule has 0 saturated heterocycles. The monoisotopic (exact) mass is 249 g/mol. The molecule has 1 aromatic carbocycles. The number of benzene rings is 1. The first-order valence-electron chi connectivity index (χ1n) is 6.20. The summed E-state index contributed by atoms with van der Waals surface area (Å²) in [5, 5.41) is 0. The van der Waals surface area contributed by atoms with E-state index in [9.17, 15) is 0 Å². The number of nitrogens with two attached hydrogens (primary N) is 1. The molecular formula is C14H19NOS. The summed E-state index contributed by atoms with van der Waals surface area (Å²) in [6.45, 7) is 2.81. The van der Waals surface area contributed by atoms with Crippen molar-refractivity contribution >= 4 is 17.2 Å². The molecule has 0 spiro atoms. The maximum atomic E-state index is 5.82. The fourth-order valence-corrected chi connectivity index (χ4v) is 2.24. The zero-order chi connectivity index (χ0) is 12.3. The van der Waals surface area contributed by atoms with Crippen molar-refractivity contribution in [1.82, 2.24) is 0 Å². The van der Waals surface area contributed by atoms with E-state index in [1.807, 2.05) is 25.1 Å². The van der Waals surface area contributed by atoms with Crippen molar-refractivity contribution in [2.24, 2.45) is 11.7 Å². The molecule has 1 aliphatic carbocycles. The Morgan fingerprint density at radius 2 is 2.24 bits per heavy atom. The van der Waals surface area contributed by atoms with Crippen LogP contribution in [0.25, 0.3) is 0 Å². The topological polar surface area (TPSA) is 35.2 Å². The van der Waals surface area contributed by atoms with Crippen LogP contribution < -0.4 is 10.5 Å². The summed E-state index contributed by atoms with van der Waals surface area (Å²) < 4.78 is 5.82. The first-order chi connectivity index (χ1) is 8.16. The standard InChI is InChI=1S/C14H19NOS/c1-10-5-6-12(14(15)17)13(9-10)16-8-7-11-3-2-4-11/h5-6,9,11H,2-4,7-8H2,1H3,(H2,15,17). The molecule has 2 nitrogen and oxygen atoms in total. The van der Waals surface area contributed by atoms with Gasteiger partial charge in [-0.3, -0.25) is 0 Å². The number of hydrogen-bond acceptors (Lipinski definition) is 2. The first-order valence-corrected chi connectivity index (χ1v) is 6.61. The van der Waals surface area contributed by atoms with Gasteiger partial charge in [0, 0.05) is 0 Å². The molecule has 3 heteroatoms. The molecular weight excluding hydrogens is 230 g/mol. The van der Waals surface area contributed by atoms with Crippen LogP contribution in [0.5, 0.6) is 5.75 Å². The average molecular weight is 249 g/mol. The third kappa shape index (κ3) is 3.19. The second-order valence-electron chi connectivity index (χ2n) is 4.80. The third-order valence-corrected chi connectivity index (χ3v) is 3.63. The van der Waals surface area contributed by atoms with Crippen LogP contribution in [-0.4, -0.2) is 11.6 Å². The molecule has 0 atom stereocenters. The molecule has 0 bridgehead atoms. The molecule has 0 aromatic heterocycles. The minimum Gasteiger partial charge on any atom is -0.493 e. The van der Waals surface area contributed by atoms with Gasteiger partial charge in [0.15, 0.2) is 0 Å². The largest absolute Gasteiger partial charge is 0.493 e. The Morgan fingerprint density at radius 1 is 1.47 bits per heavy atom. The number of hydrogen-bond donors (Lipinski definition) is 1. The van der Waals surface area contributed by atoms with Gasteiger partial charge in [-0.15, -0.1) is 0 Å². The predicted octanol–water partition coefficient (Wildman–Crippen LogP) is 3.20. The van der Waals surface area contributed by atoms with Gasteiger partial charge >= 0.3 is 0 Å². The highest BCUT2D eigenvalue weighted by atomic mass is 32.1. The molecule has 17 heavy (non-hydrogen) atoms. The first kappa shape index (κ1) is 12.4. The van der Waals surface area contributed by atoms with E-state index in [0.29, 0.717) is 4.99 Å². The van der Waals surface area contributed by atoms with Crippen molar-refractivity contribution in [2.45, 2.75) is 32.6 Å². The minimum absolute atomic E-state index is 0.406. The van der Waals surface area contributed by atoms with Crippen molar-refractivity contribution in [3.05, 3.63) is 29.3 Å². The van der Waals surface area contributed by atoms with E-state index in [-0.39, 0.29) is 0 Å². The van der Waals surface area contributed by atoms with E-state index in [0.717, 1.165) is 30.3 Å². The summed E-state index contributed by atoms with van der Waals surface area (Å²) >= 11 is 5.03. The van der Waals surface area contributed by atoms with Gasteiger partial charge in [0.2, 0.25) is 0 Å². The molecule has 2 N–H and O–H groups in total. The fourth-order valence-electron chi connectivity index (χ4n) is 2.07. The van der Waals surface area contributed by atoms with Crippen molar-refractivity contribution in [3.63, 3.8) is 0 Å². The zero-order valence-electron chi connectivity index (χ0n) is 10.2. The van der Waals surface area contributed by atoms with E-state index >= 15 is 0 Å². The van der Waals surface area contributed by atoms with Gasteiger partial charge in [-0.1, -0.05) is 37.5 Å². The summed E-state index contributed by atoms with van der Waals surface area (Å²) in [4.78, 5) is 0.406.